The second kappa shape index (κ2) is 4.65. The van der Waals surface area contributed by atoms with Crippen molar-refractivity contribution in [3.63, 3.8) is 0 Å². The zero-order valence-electron chi connectivity index (χ0n) is 10.1. The highest BCUT2D eigenvalue weighted by Crippen LogP contribution is 2.16. The van der Waals surface area contributed by atoms with Gasteiger partial charge in [-0.1, -0.05) is 30.3 Å². The van der Waals surface area contributed by atoms with Crippen LogP contribution in [0, 0.1) is 5.82 Å². The molecule has 3 aromatic rings. The molecule has 94 valence electrons. The SMILES string of the molecule is O=c1[nH]nc(Cc2cccc(F)c2)c2ccccc12. The van der Waals surface area contributed by atoms with E-state index >= 15 is 0 Å². The fourth-order valence-electron chi connectivity index (χ4n) is 2.15. The van der Waals surface area contributed by atoms with Gasteiger partial charge >= 0.3 is 0 Å². The molecule has 0 bridgehead atoms. The average Bonchev–Trinajstić information content (AvgIpc) is 2.42. The fraction of sp³-hybridized carbons (Fsp3) is 0.0667. The summed E-state index contributed by atoms with van der Waals surface area (Å²) < 4.78 is 13.2. The summed E-state index contributed by atoms with van der Waals surface area (Å²) in [4.78, 5) is 11.7. The predicted octanol–water partition coefficient (Wildman–Crippen LogP) is 2.65. The molecule has 0 radical (unpaired) electrons. The molecule has 0 aliphatic rings. The topological polar surface area (TPSA) is 45.8 Å². The summed E-state index contributed by atoms with van der Waals surface area (Å²) in [6.45, 7) is 0. The number of fused-ring (bicyclic) bond motifs is 1. The molecule has 2 aromatic carbocycles. The lowest BCUT2D eigenvalue weighted by Crippen LogP contribution is -2.11. The Labute approximate surface area is 108 Å². The number of nitrogens with one attached hydrogen (secondary N) is 1. The van der Waals surface area contributed by atoms with Gasteiger partial charge in [0.05, 0.1) is 11.1 Å². The second-order valence-corrected chi connectivity index (χ2v) is 4.35. The Hall–Kier alpha value is -2.49. The van der Waals surface area contributed by atoms with Crippen molar-refractivity contribution < 1.29 is 4.39 Å². The van der Waals surface area contributed by atoms with Crippen molar-refractivity contribution >= 4 is 10.8 Å². The minimum absolute atomic E-state index is 0.210. The number of nitrogens with zero attached hydrogens (tertiary/aromatic N) is 1. The molecule has 1 aromatic heterocycles. The molecular weight excluding hydrogens is 243 g/mol. The summed E-state index contributed by atoms with van der Waals surface area (Å²) in [6, 6.07) is 13.7. The third-order valence-corrected chi connectivity index (χ3v) is 3.04. The number of benzene rings is 2. The predicted molar refractivity (Wildman–Crippen MR) is 71.6 cm³/mol. The highest BCUT2D eigenvalue weighted by Gasteiger charge is 2.07. The van der Waals surface area contributed by atoms with Crippen LogP contribution in [0.4, 0.5) is 4.39 Å². The highest BCUT2D eigenvalue weighted by molar-refractivity contribution is 5.83. The van der Waals surface area contributed by atoms with Crippen LogP contribution in [0.1, 0.15) is 11.3 Å². The number of hydrogen-bond donors (Lipinski definition) is 1. The van der Waals surface area contributed by atoms with E-state index in [4.69, 9.17) is 0 Å². The Morgan fingerprint density at radius 1 is 1.05 bits per heavy atom. The second-order valence-electron chi connectivity index (χ2n) is 4.35. The van der Waals surface area contributed by atoms with E-state index < -0.39 is 0 Å². The molecular formula is C15H11FN2O. The van der Waals surface area contributed by atoms with Crippen LogP contribution in [0.5, 0.6) is 0 Å². The van der Waals surface area contributed by atoms with E-state index in [-0.39, 0.29) is 11.4 Å². The van der Waals surface area contributed by atoms with Gasteiger partial charge in [-0.15, -0.1) is 0 Å². The van der Waals surface area contributed by atoms with Crippen molar-refractivity contribution in [2.75, 3.05) is 0 Å². The maximum atomic E-state index is 13.2. The van der Waals surface area contributed by atoms with Crippen LogP contribution in [0.3, 0.4) is 0 Å². The zero-order valence-corrected chi connectivity index (χ0v) is 10.1. The lowest BCUT2D eigenvalue weighted by molar-refractivity contribution is 0.626. The van der Waals surface area contributed by atoms with E-state index in [1.807, 2.05) is 24.3 Å². The van der Waals surface area contributed by atoms with Crippen LogP contribution < -0.4 is 5.56 Å². The van der Waals surface area contributed by atoms with Crippen molar-refractivity contribution in [3.05, 3.63) is 76.0 Å². The molecule has 0 fully saturated rings. The van der Waals surface area contributed by atoms with E-state index in [0.717, 1.165) is 16.6 Å². The highest BCUT2D eigenvalue weighted by atomic mass is 19.1. The van der Waals surface area contributed by atoms with Crippen molar-refractivity contribution in [1.29, 1.82) is 0 Å². The number of aromatic amines is 1. The molecule has 1 heterocycles. The van der Waals surface area contributed by atoms with Gasteiger partial charge in [0.25, 0.3) is 5.56 Å². The summed E-state index contributed by atoms with van der Waals surface area (Å²) in [6.07, 6.45) is 0.481. The van der Waals surface area contributed by atoms with Gasteiger partial charge in [-0.05, 0) is 23.8 Å². The van der Waals surface area contributed by atoms with Crippen LogP contribution in [0.2, 0.25) is 0 Å². The molecule has 3 nitrogen and oxygen atoms in total. The first-order valence-corrected chi connectivity index (χ1v) is 5.95. The first-order valence-electron chi connectivity index (χ1n) is 5.95. The van der Waals surface area contributed by atoms with Gasteiger partial charge in [-0.2, -0.15) is 5.10 Å². The average molecular weight is 254 g/mol. The lowest BCUT2D eigenvalue weighted by atomic mass is 10.0. The van der Waals surface area contributed by atoms with Gasteiger partial charge in [0, 0.05) is 11.8 Å². The maximum absolute atomic E-state index is 13.2. The normalized spacial score (nSPS) is 10.8. The summed E-state index contributed by atoms with van der Waals surface area (Å²) in [7, 11) is 0. The molecule has 0 saturated heterocycles. The molecule has 0 aliphatic carbocycles. The molecule has 1 N–H and O–H groups in total. The molecule has 0 amide bonds. The molecule has 0 atom stereocenters. The van der Waals surface area contributed by atoms with Crippen molar-refractivity contribution in [1.82, 2.24) is 10.2 Å². The van der Waals surface area contributed by atoms with Crippen molar-refractivity contribution in [2.24, 2.45) is 0 Å². The van der Waals surface area contributed by atoms with E-state index in [1.165, 1.54) is 12.1 Å². The van der Waals surface area contributed by atoms with Gasteiger partial charge in [0.2, 0.25) is 0 Å². The van der Waals surface area contributed by atoms with Gasteiger partial charge in [0.1, 0.15) is 5.82 Å². The number of H-pyrrole nitrogens is 1. The van der Waals surface area contributed by atoms with Gasteiger partial charge in [-0.25, -0.2) is 9.49 Å². The minimum atomic E-state index is -0.272. The Kier molecular flexibility index (Phi) is 2.83. The summed E-state index contributed by atoms with van der Waals surface area (Å²) >= 11 is 0. The Bertz CT molecular complexity index is 795. The van der Waals surface area contributed by atoms with Crippen molar-refractivity contribution in [3.8, 4) is 0 Å². The van der Waals surface area contributed by atoms with Crippen LogP contribution in [-0.2, 0) is 6.42 Å². The Morgan fingerprint density at radius 2 is 1.84 bits per heavy atom. The molecule has 3 rings (SSSR count). The van der Waals surface area contributed by atoms with Crippen LogP contribution >= 0.6 is 0 Å². The molecule has 0 spiro atoms. The van der Waals surface area contributed by atoms with E-state index in [0.29, 0.717) is 11.8 Å². The van der Waals surface area contributed by atoms with E-state index in [9.17, 15) is 9.18 Å². The van der Waals surface area contributed by atoms with Gasteiger partial charge in [-0.3, -0.25) is 4.79 Å². The lowest BCUT2D eigenvalue weighted by Gasteiger charge is -2.05. The summed E-state index contributed by atoms with van der Waals surface area (Å²) in [5.41, 5.74) is 1.35. The van der Waals surface area contributed by atoms with Crippen molar-refractivity contribution in [2.45, 2.75) is 6.42 Å². The minimum Gasteiger partial charge on any atom is -0.267 e. The quantitative estimate of drug-likeness (QED) is 0.764. The smallest absolute Gasteiger partial charge is 0.267 e. The Morgan fingerprint density at radius 3 is 2.63 bits per heavy atom. The number of rotatable bonds is 2. The molecule has 19 heavy (non-hydrogen) atoms. The fourth-order valence-corrected chi connectivity index (χ4v) is 2.15. The van der Waals surface area contributed by atoms with Crippen LogP contribution in [0.15, 0.2) is 53.3 Å². The molecule has 0 saturated carbocycles. The standard InChI is InChI=1S/C15H11FN2O/c16-11-5-3-4-10(8-11)9-14-12-6-1-2-7-13(12)15(19)18-17-14/h1-8H,9H2,(H,18,19). The summed E-state index contributed by atoms with van der Waals surface area (Å²) in [5.74, 6) is -0.272. The van der Waals surface area contributed by atoms with E-state index in [1.54, 1.807) is 12.1 Å². The summed E-state index contributed by atoms with van der Waals surface area (Å²) in [5, 5.41) is 7.95. The van der Waals surface area contributed by atoms with E-state index in [2.05, 4.69) is 10.2 Å². The molecule has 0 unspecified atom stereocenters. The first kappa shape index (κ1) is 11.6. The number of hydrogen-bond acceptors (Lipinski definition) is 2. The first-order chi connectivity index (χ1) is 9.24. The van der Waals surface area contributed by atoms with Crippen LogP contribution in [0.25, 0.3) is 10.8 Å². The zero-order chi connectivity index (χ0) is 13.2. The number of halogens is 1. The number of aromatic nitrogens is 2. The maximum Gasteiger partial charge on any atom is 0.272 e. The third kappa shape index (κ3) is 2.25. The van der Waals surface area contributed by atoms with Gasteiger partial charge < -0.3 is 0 Å². The molecule has 4 heteroatoms. The molecule has 0 aliphatic heterocycles. The van der Waals surface area contributed by atoms with Crippen LogP contribution in [-0.4, -0.2) is 10.2 Å². The van der Waals surface area contributed by atoms with Gasteiger partial charge in [0.15, 0.2) is 0 Å². The third-order valence-electron chi connectivity index (χ3n) is 3.04. The monoisotopic (exact) mass is 254 g/mol. The Balaban J connectivity index is 2.11. The largest absolute Gasteiger partial charge is 0.272 e.